The van der Waals surface area contributed by atoms with Gasteiger partial charge in [0.25, 0.3) is 5.91 Å². The predicted octanol–water partition coefficient (Wildman–Crippen LogP) is 1.84. The fraction of sp³-hybridized carbons (Fsp3) is 0.400. The van der Waals surface area contributed by atoms with Gasteiger partial charge in [-0.2, -0.15) is 0 Å². The molecule has 112 valence electrons. The van der Waals surface area contributed by atoms with E-state index in [9.17, 15) is 4.79 Å². The molecule has 0 saturated carbocycles. The number of anilines is 1. The minimum atomic E-state index is -0.0332. The van der Waals surface area contributed by atoms with Gasteiger partial charge in [-0.3, -0.25) is 9.48 Å². The maximum absolute atomic E-state index is 12.1. The molecule has 0 atom stereocenters. The van der Waals surface area contributed by atoms with E-state index in [0.717, 1.165) is 36.3 Å². The maximum Gasteiger partial charge on any atom is 0.251 e. The van der Waals surface area contributed by atoms with Crippen LogP contribution in [0.2, 0.25) is 0 Å². The van der Waals surface area contributed by atoms with Gasteiger partial charge in [0, 0.05) is 37.1 Å². The normalized spacial score (nSPS) is 10.4. The summed E-state index contributed by atoms with van der Waals surface area (Å²) < 4.78 is 1.75. The zero-order valence-electron chi connectivity index (χ0n) is 12.5. The van der Waals surface area contributed by atoms with Gasteiger partial charge in [0.1, 0.15) is 0 Å². The fourth-order valence-electron chi connectivity index (χ4n) is 2.12. The van der Waals surface area contributed by atoms with Crippen molar-refractivity contribution in [2.45, 2.75) is 26.8 Å². The van der Waals surface area contributed by atoms with Crippen LogP contribution in [0.1, 0.15) is 29.3 Å². The van der Waals surface area contributed by atoms with Crippen LogP contribution in [0.4, 0.5) is 5.69 Å². The summed E-state index contributed by atoms with van der Waals surface area (Å²) in [4.78, 5) is 12.1. The Balaban J connectivity index is 1.82. The number of carbonyl (C=O) groups is 1. The summed E-state index contributed by atoms with van der Waals surface area (Å²) in [5, 5.41) is 13.8. The van der Waals surface area contributed by atoms with Gasteiger partial charge in [-0.1, -0.05) is 5.21 Å². The number of aryl methyl sites for hydroxylation is 2. The SMILES string of the molecule is CCNc1ccc(C(=O)NCCCn2ccnn2)c(C)c1. The number of carbonyl (C=O) groups excluding carboxylic acids is 1. The summed E-state index contributed by atoms with van der Waals surface area (Å²) in [6.07, 6.45) is 4.28. The molecule has 1 aromatic heterocycles. The summed E-state index contributed by atoms with van der Waals surface area (Å²) in [5.74, 6) is -0.0332. The van der Waals surface area contributed by atoms with E-state index in [2.05, 4.69) is 20.9 Å². The van der Waals surface area contributed by atoms with Gasteiger partial charge in [0.15, 0.2) is 0 Å². The molecule has 0 saturated heterocycles. The van der Waals surface area contributed by atoms with Gasteiger partial charge in [0.05, 0.1) is 6.20 Å². The average Bonchev–Trinajstić information content (AvgIpc) is 2.97. The number of nitrogens with zero attached hydrogens (tertiary/aromatic N) is 3. The first kappa shape index (κ1) is 15.0. The van der Waals surface area contributed by atoms with E-state index in [1.807, 2.05) is 38.2 Å². The number of amides is 1. The monoisotopic (exact) mass is 287 g/mol. The van der Waals surface area contributed by atoms with E-state index in [-0.39, 0.29) is 5.91 Å². The molecule has 0 bridgehead atoms. The largest absolute Gasteiger partial charge is 0.385 e. The van der Waals surface area contributed by atoms with Crippen LogP contribution in [0.25, 0.3) is 0 Å². The quantitative estimate of drug-likeness (QED) is 0.762. The molecule has 0 aliphatic rings. The number of aromatic nitrogens is 3. The van der Waals surface area contributed by atoms with Crippen LogP contribution in [-0.4, -0.2) is 34.0 Å². The second-order valence-electron chi connectivity index (χ2n) is 4.84. The van der Waals surface area contributed by atoms with Crippen molar-refractivity contribution < 1.29 is 4.79 Å². The van der Waals surface area contributed by atoms with Crippen molar-refractivity contribution in [3.63, 3.8) is 0 Å². The highest BCUT2D eigenvalue weighted by Gasteiger charge is 2.08. The molecule has 6 heteroatoms. The first-order valence-electron chi connectivity index (χ1n) is 7.17. The Morgan fingerprint density at radius 3 is 2.90 bits per heavy atom. The van der Waals surface area contributed by atoms with Crippen LogP contribution in [-0.2, 0) is 6.54 Å². The van der Waals surface area contributed by atoms with Gasteiger partial charge in [0.2, 0.25) is 0 Å². The molecule has 0 spiro atoms. The molecule has 0 unspecified atom stereocenters. The summed E-state index contributed by atoms with van der Waals surface area (Å²) >= 11 is 0. The highest BCUT2D eigenvalue weighted by molar-refractivity contribution is 5.96. The second kappa shape index (κ2) is 7.42. The average molecular weight is 287 g/mol. The Hall–Kier alpha value is -2.37. The minimum absolute atomic E-state index is 0.0332. The van der Waals surface area contributed by atoms with Crippen LogP contribution < -0.4 is 10.6 Å². The van der Waals surface area contributed by atoms with Crippen LogP contribution >= 0.6 is 0 Å². The van der Waals surface area contributed by atoms with Crippen molar-refractivity contribution >= 4 is 11.6 Å². The Bertz CT molecular complexity index is 580. The molecule has 0 aliphatic heterocycles. The molecule has 1 aromatic carbocycles. The van der Waals surface area contributed by atoms with Crippen molar-refractivity contribution in [1.82, 2.24) is 20.3 Å². The first-order valence-corrected chi connectivity index (χ1v) is 7.17. The predicted molar refractivity (Wildman–Crippen MR) is 82.3 cm³/mol. The third kappa shape index (κ3) is 4.30. The van der Waals surface area contributed by atoms with Crippen LogP contribution in [0.5, 0.6) is 0 Å². The standard InChI is InChI=1S/C15H21N5O/c1-3-16-13-5-6-14(12(2)11-13)15(21)17-7-4-9-20-10-8-18-19-20/h5-6,8,10-11,16H,3-4,7,9H2,1-2H3,(H,17,21). The van der Waals surface area contributed by atoms with Gasteiger partial charge in [-0.15, -0.1) is 5.10 Å². The lowest BCUT2D eigenvalue weighted by Crippen LogP contribution is -2.26. The van der Waals surface area contributed by atoms with Crippen LogP contribution in [0.15, 0.2) is 30.6 Å². The molecular formula is C15H21N5O. The number of hydrogen-bond acceptors (Lipinski definition) is 4. The van der Waals surface area contributed by atoms with Crippen LogP contribution in [0.3, 0.4) is 0 Å². The Morgan fingerprint density at radius 1 is 1.38 bits per heavy atom. The molecule has 21 heavy (non-hydrogen) atoms. The molecule has 2 aromatic rings. The number of rotatable bonds is 7. The minimum Gasteiger partial charge on any atom is -0.385 e. The summed E-state index contributed by atoms with van der Waals surface area (Å²) in [7, 11) is 0. The van der Waals surface area contributed by atoms with E-state index in [4.69, 9.17) is 0 Å². The molecular weight excluding hydrogens is 266 g/mol. The van der Waals surface area contributed by atoms with Gasteiger partial charge in [-0.25, -0.2) is 0 Å². The third-order valence-electron chi connectivity index (χ3n) is 3.17. The molecule has 1 heterocycles. The number of hydrogen-bond donors (Lipinski definition) is 2. The summed E-state index contributed by atoms with van der Waals surface area (Å²) in [5.41, 5.74) is 2.73. The summed E-state index contributed by atoms with van der Waals surface area (Å²) in [6, 6.07) is 5.79. The van der Waals surface area contributed by atoms with Crippen molar-refractivity contribution in [3.05, 3.63) is 41.7 Å². The van der Waals surface area contributed by atoms with Crippen molar-refractivity contribution in [1.29, 1.82) is 0 Å². The third-order valence-corrected chi connectivity index (χ3v) is 3.17. The molecule has 0 aliphatic carbocycles. The Morgan fingerprint density at radius 2 is 2.24 bits per heavy atom. The highest BCUT2D eigenvalue weighted by Crippen LogP contribution is 2.15. The zero-order valence-corrected chi connectivity index (χ0v) is 12.5. The lowest BCUT2D eigenvalue weighted by molar-refractivity contribution is 0.0952. The Kier molecular flexibility index (Phi) is 5.31. The molecule has 1 amide bonds. The molecule has 0 fully saturated rings. The second-order valence-corrected chi connectivity index (χ2v) is 4.84. The van der Waals surface area contributed by atoms with E-state index in [1.165, 1.54) is 0 Å². The van der Waals surface area contributed by atoms with Crippen molar-refractivity contribution in [2.75, 3.05) is 18.4 Å². The van der Waals surface area contributed by atoms with E-state index in [1.54, 1.807) is 10.9 Å². The van der Waals surface area contributed by atoms with Gasteiger partial charge in [-0.05, 0) is 44.0 Å². The van der Waals surface area contributed by atoms with Gasteiger partial charge >= 0.3 is 0 Å². The molecule has 2 rings (SSSR count). The van der Waals surface area contributed by atoms with Crippen LogP contribution in [0, 0.1) is 6.92 Å². The zero-order chi connectivity index (χ0) is 15.1. The molecule has 2 N–H and O–H groups in total. The fourth-order valence-corrected chi connectivity index (χ4v) is 2.12. The topological polar surface area (TPSA) is 71.8 Å². The number of benzene rings is 1. The first-order chi connectivity index (χ1) is 10.2. The highest BCUT2D eigenvalue weighted by atomic mass is 16.1. The summed E-state index contributed by atoms with van der Waals surface area (Å²) in [6.45, 7) is 6.23. The van der Waals surface area contributed by atoms with Crippen molar-refractivity contribution in [3.8, 4) is 0 Å². The van der Waals surface area contributed by atoms with E-state index >= 15 is 0 Å². The lowest BCUT2D eigenvalue weighted by Gasteiger charge is -2.10. The maximum atomic E-state index is 12.1. The molecule has 0 radical (unpaired) electrons. The smallest absolute Gasteiger partial charge is 0.251 e. The Labute approximate surface area is 124 Å². The number of nitrogens with one attached hydrogen (secondary N) is 2. The molecule has 6 nitrogen and oxygen atoms in total. The lowest BCUT2D eigenvalue weighted by atomic mass is 10.1. The van der Waals surface area contributed by atoms with Crippen molar-refractivity contribution in [2.24, 2.45) is 0 Å². The van der Waals surface area contributed by atoms with E-state index in [0.29, 0.717) is 6.54 Å². The van der Waals surface area contributed by atoms with Gasteiger partial charge < -0.3 is 10.6 Å². The van der Waals surface area contributed by atoms with E-state index < -0.39 is 0 Å².